The van der Waals surface area contributed by atoms with Gasteiger partial charge in [0.05, 0.1) is 11.5 Å². The highest BCUT2D eigenvalue weighted by Gasteiger charge is 2.30. The van der Waals surface area contributed by atoms with Gasteiger partial charge in [-0.1, -0.05) is 26.0 Å². The first-order valence-corrected chi connectivity index (χ1v) is 5.60. The van der Waals surface area contributed by atoms with E-state index in [-0.39, 0.29) is 12.3 Å². The zero-order valence-electron chi connectivity index (χ0n) is 10.2. The van der Waals surface area contributed by atoms with Crippen LogP contribution in [0.1, 0.15) is 25.0 Å². The van der Waals surface area contributed by atoms with E-state index in [1.54, 1.807) is 13.8 Å². The van der Waals surface area contributed by atoms with Gasteiger partial charge in [-0.05, 0) is 30.0 Å². The second kappa shape index (κ2) is 5.42. The van der Waals surface area contributed by atoms with Gasteiger partial charge < -0.3 is 5.11 Å². The molecule has 0 unspecified atom stereocenters. The van der Waals surface area contributed by atoms with E-state index in [0.717, 1.165) is 12.1 Å². The number of benzene rings is 1. The highest BCUT2D eigenvalue weighted by molar-refractivity contribution is 5.70. The first kappa shape index (κ1) is 14.5. The zero-order chi connectivity index (χ0) is 13.9. The SMILES string of the molecule is CC(C)[C@@H](Cc1ccc(C(F)(F)F)cc1)C(=O)O. The van der Waals surface area contributed by atoms with E-state index in [1.165, 1.54) is 12.1 Å². The fourth-order valence-corrected chi connectivity index (χ4v) is 1.69. The molecule has 0 amide bonds. The van der Waals surface area contributed by atoms with Crippen LogP contribution in [0.2, 0.25) is 0 Å². The summed E-state index contributed by atoms with van der Waals surface area (Å²) in [4.78, 5) is 11.0. The molecule has 1 rings (SSSR count). The summed E-state index contributed by atoms with van der Waals surface area (Å²) in [6, 6.07) is 4.63. The highest BCUT2D eigenvalue weighted by Crippen LogP contribution is 2.29. The topological polar surface area (TPSA) is 37.3 Å². The Morgan fingerprint density at radius 2 is 1.72 bits per heavy atom. The molecule has 100 valence electrons. The summed E-state index contributed by atoms with van der Waals surface area (Å²) in [6.07, 6.45) is -4.12. The molecule has 0 bridgehead atoms. The van der Waals surface area contributed by atoms with Crippen LogP contribution in [0.25, 0.3) is 0 Å². The number of halogens is 3. The van der Waals surface area contributed by atoms with Gasteiger partial charge in [-0.3, -0.25) is 4.79 Å². The molecule has 0 spiro atoms. The lowest BCUT2D eigenvalue weighted by Crippen LogP contribution is -2.22. The van der Waals surface area contributed by atoms with Crippen molar-refractivity contribution in [2.75, 3.05) is 0 Å². The average Bonchev–Trinajstić information content (AvgIpc) is 2.24. The van der Waals surface area contributed by atoms with Crippen LogP contribution >= 0.6 is 0 Å². The van der Waals surface area contributed by atoms with Gasteiger partial charge in [0.15, 0.2) is 0 Å². The number of aliphatic carboxylic acids is 1. The van der Waals surface area contributed by atoms with Crippen molar-refractivity contribution in [3.05, 3.63) is 35.4 Å². The summed E-state index contributed by atoms with van der Waals surface area (Å²) in [7, 11) is 0. The van der Waals surface area contributed by atoms with Crippen molar-refractivity contribution >= 4 is 5.97 Å². The van der Waals surface area contributed by atoms with Crippen LogP contribution in [0.4, 0.5) is 13.2 Å². The fraction of sp³-hybridized carbons (Fsp3) is 0.462. The predicted octanol–water partition coefficient (Wildman–Crippen LogP) is 3.60. The Balaban J connectivity index is 2.83. The minimum Gasteiger partial charge on any atom is -0.481 e. The molecule has 0 saturated carbocycles. The van der Waals surface area contributed by atoms with Crippen molar-refractivity contribution in [2.45, 2.75) is 26.4 Å². The molecule has 0 radical (unpaired) electrons. The minimum absolute atomic E-state index is 0.0650. The molecule has 0 fully saturated rings. The number of hydrogen-bond donors (Lipinski definition) is 1. The molecule has 0 heterocycles. The quantitative estimate of drug-likeness (QED) is 0.898. The van der Waals surface area contributed by atoms with E-state index in [9.17, 15) is 18.0 Å². The number of alkyl halides is 3. The summed E-state index contributed by atoms with van der Waals surface area (Å²) in [5.41, 5.74) is -0.119. The van der Waals surface area contributed by atoms with Crippen molar-refractivity contribution < 1.29 is 23.1 Å². The zero-order valence-corrected chi connectivity index (χ0v) is 10.2. The lowest BCUT2D eigenvalue weighted by molar-refractivity contribution is -0.143. The summed E-state index contributed by atoms with van der Waals surface area (Å²) < 4.78 is 37.0. The number of hydrogen-bond acceptors (Lipinski definition) is 1. The highest BCUT2D eigenvalue weighted by atomic mass is 19.4. The number of carboxylic acids is 1. The van der Waals surface area contributed by atoms with Gasteiger partial charge in [-0.2, -0.15) is 13.2 Å². The minimum atomic E-state index is -4.36. The van der Waals surface area contributed by atoms with Crippen molar-refractivity contribution in [3.63, 3.8) is 0 Å². The number of carbonyl (C=O) groups is 1. The molecule has 2 nitrogen and oxygen atoms in total. The van der Waals surface area contributed by atoms with Crippen molar-refractivity contribution in [3.8, 4) is 0 Å². The van der Waals surface area contributed by atoms with E-state index in [1.807, 2.05) is 0 Å². The largest absolute Gasteiger partial charge is 0.481 e. The van der Waals surface area contributed by atoms with Gasteiger partial charge in [-0.25, -0.2) is 0 Å². The van der Waals surface area contributed by atoms with Crippen LogP contribution < -0.4 is 0 Å². The molecule has 0 saturated heterocycles. The third kappa shape index (κ3) is 3.75. The third-order valence-electron chi connectivity index (χ3n) is 2.86. The molecule has 5 heteroatoms. The Bertz CT molecular complexity index is 407. The van der Waals surface area contributed by atoms with Gasteiger partial charge >= 0.3 is 12.1 Å². The summed E-state index contributed by atoms with van der Waals surface area (Å²) >= 11 is 0. The smallest absolute Gasteiger partial charge is 0.416 e. The molecular weight excluding hydrogens is 245 g/mol. The molecular formula is C13H15F3O2. The van der Waals surface area contributed by atoms with Gasteiger partial charge in [0.1, 0.15) is 0 Å². The molecule has 0 aliphatic carbocycles. The molecule has 1 aromatic rings. The van der Waals surface area contributed by atoms with Crippen LogP contribution in [0.3, 0.4) is 0 Å². The third-order valence-corrected chi connectivity index (χ3v) is 2.86. The molecule has 1 aromatic carbocycles. The maximum Gasteiger partial charge on any atom is 0.416 e. The summed E-state index contributed by atoms with van der Waals surface area (Å²) in [6.45, 7) is 3.56. The lowest BCUT2D eigenvalue weighted by atomic mass is 9.89. The molecule has 18 heavy (non-hydrogen) atoms. The van der Waals surface area contributed by atoms with Crippen molar-refractivity contribution in [1.82, 2.24) is 0 Å². The van der Waals surface area contributed by atoms with Crippen LogP contribution in [0.5, 0.6) is 0 Å². The lowest BCUT2D eigenvalue weighted by Gasteiger charge is -2.16. The standard InChI is InChI=1S/C13H15F3O2/c1-8(2)11(12(17)18)7-9-3-5-10(6-4-9)13(14,15)16/h3-6,8,11H,7H2,1-2H3,(H,17,18)/t11-/m1/s1. The second-order valence-electron chi connectivity index (χ2n) is 4.59. The van der Waals surface area contributed by atoms with Crippen LogP contribution in [-0.4, -0.2) is 11.1 Å². The van der Waals surface area contributed by atoms with E-state index < -0.39 is 23.6 Å². The number of carboxylic acid groups (broad SMARTS) is 1. The molecule has 1 N–H and O–H groups in total. The van der Waals surface area contributed by atoms with Crippen LogP contribution in [0, 0.1) is 11.8 Å². The van der Waals surface area contributed by atoms with Crippen molar-refractivity contribution in [2.24, 2.45) is 11.8 Å². The van der Waals surface area contributed by atoms with Gasteiger partial charge in [0, 0.05) is 0 Å². The molecule has 0 aliphatic heterocycles. The molecule has 1 atom stereocenters. The first-order valence-electron chi connectivity index (χ1n) is 5.60. The predicted molar refractivity (Wildman–Crippen MR) is 61.1 cm³/mol. The van der Waals surface area contributed by atoms with Crippen molar-refractivity contribution in [1.29, 1.82) is 0 Å². The van der Waals surface area contributed by atoms with E-state index in [4.69, 9.17) is 5.11 Å². The van der Waals surface area contributed by atoms with Crippen LogP contribution in [0.15, 0.2) is 24.3 Å². The van der Waals surface area contributed by atoms with E-state index in [0.29, 0.717) is 5.56 Å². The second-order valence-corrected chi connectivity index (χ2v) is 4.59. The van der Waals surface area contributed by atoms with Crippen LogP contribution in [-0.2, 0) is 17.4 Å². The Morgan fingerprint density at radius 1 is 1.22 bits per heavy atom. The Labute approximate surface area is 103 Å². The van der Waals surface area contributed by atoms with Gasteiger partial charge in [0.25, 0.3) is 0 Å². The van der Waals surface area contributed by atoms with Gasteiger partial charge in [0.2, 0.25) is 0 Å². The Kier molecular flexibility index (Phi) is 4.38. The number of rotatable bonds is 4. The monoisotopic (exact) mass is 260 g/mol. The Morgan fingerprint density at radius 3 is 2.06 bits per heavy atom. The maximum absolute atomic E-state index is 12.3. The van der Waals surface area contributed by atoms with E-state index in [2.05, 4.69) is 0 Å². The average molecular weight is 260 g/mol. The van der Waals surface area contributed by atoms with Gasteiger partial charge in [-0.15, -0.1) is 0 Å². The maximum atomic E-state index is 12.3. The molecule has 0 aromatic heterocycles. The van der Waals surface area contributed by atoms with E-state index >= 15 is 0 Å². The molecule has 0 aliphatic rings. The normalized spacial score (nSPS) is 13.7. The summed E-state index contributed by atoms with van der Waals surface area (Å²) in [5.74, 6) is -1.57. The fourth-order valence-electron chi connectivity index (χ4n) is 1.69. The summed E-state index contributed by atoms with van der Waals surface area (Å²) in [5, 5.41) is 9.01. The first-order chi connectivity index (χ1) is 8.21. The Hall–Kier alpha value is -1.52.